The maximum atomic E-state index is 13.0. The van der Waals surface area contributed by atoms with Gasteiger partial charge in [0.25, 0.3) is 0 Å². The van der Waals surface area contributed by atoms with Gasteiger partial charge in [0.05, 0.1) is 65.3 Å². The predicted octanol–water partition coefficient (Wildman–Crippen LogP) is -12.1. The van der Waals surface area contributed by atoms with Crippen molar-refractivity contribution in [2.24, 2.45) is 0 Å². The highest BCUT2D eigenvalue weighted by atomic mass is 16.8. The molecular weight excluding hydrogens is 1040 g/mol. The molecule has 20 atom stereocenters. The lowest BCUT2D eigenvalue weighted by molar-refractivity contribution is -0.366. The van der Waals surface area contributed by atoms with E-state index in [9.17, 15) is 95.2 Å². The molecule has 4 aliphatic rings. The molecule has 0 spiro atoms. The molecule has 0 radical (unpaired) electrons. The second kappa shape index (κ2) is 32.4. The molecule has 0 bridgehead atoms. The second-order valence-corrected chi connectivity index (χ2v) is 18.7. The van der Waals surface area contributed by atoms with Crippen LogP contribution in [-0.2, 0) is 66.7 Å². The smallest absolute Gasteiger partial charge is 0.239 e. The molecule has 0 aromatic rings. The van der Waals surface area contributed by atoms with E-state index in [0.29, 0.717) is 0 Å². The van der Waals surface area contributed by atoms with Crippen molar-refractivity contribution in [3.63, 3.8) is 0 Å². The highest BCUT2D eigenvalue weighted by Gasteiger charge is 2.52. The fourth-order valence-electron chi connectivity index (χ4n) is 8.08. The van der Waals surface area contributed by atoms with Crippen molar-refractivity contribution in [2.75, 3.05) is 85.4 Å². The average Bonchev–Trinajstić information content (AvgIpc) is 3.38. The van der Waals surface area contributed by atoms with Crippen molar-refractivity contribution in [3.05, 3.63) is 0 Å². The zero-order chi connectivity index (χ0) is 57.1. The van der Waals surface area contributed by atoms with Crippen molar-refractivity contribution in [1.82, 2.24) is 31.5 Å². The van der Waals surface area contributed by atoms with Crippen LogP contribution in [0.5, 0.6) is 0 Å². The third kappa shape index (κ3) is 20.0. The van der Waals surface area contributed by atoms with Gasteiger partial charge in [-0.3, -0.25) is 33.7 Å². The lowest BCUT2D eigenvalue weighted by Gasteiger charge is -2.46. The third-order valence-electron chi connectivity index (χ3n) is 12.5. The van der Waals surface area contributed by atoms with E-state index in [4.69, 9.17) is 37.9 Å². The van der Waals surface area contributed by atoms with Crippen LogP contribution in [0.3, 0.4) is 0 Å². The Hall–Kier alpha value is -3.86. The predicted molar refractivity (Wildman–Crippen MR) is 249 cm³/mol. The minimum absolute atomic E-state index is 0.00785. The Bertz CT molecular complexity index is 1860. The molecular formula is C44H76N6O27. The van der Waals surface area contributed by atoms with Gasteiger partial charge in [-0.1, -0.05) is 0 Å². The van der Waals surface area contributed by atoms with Crippen LogP contribution in [0.4, 0.5) is 0 Å². The highest BCUT2D eigenvalue weighted by Crippen LogP contribution is 2.31. The first-order chi connectivity index (χ1) is 36.5. The number of hydrogen-bond acceptors (Lipinski definition) is 28. The number of hydrogen-bond donors (Lipinski definition) is 18. The summed E-state index contributed by atoms with van der Waals surface area (Å²) in [5, 5.41) is 146. The van der Waals surface area contributed by atoms with Gasteiger partial charge >= 0.3 is 0 Å². The molecule has 0 saturated carbocycles. The number of Topliss-reactive ketones (excluding diaryl/α,β-unsaturated/α-hetero) is 1. The van der Waals surface area contributed by atoms with Crippen molar-refractivity contribution in [2.45, 2.75) is 156 Å². The Kier molecular flexibility index (Phi) is 27.6. The number of nitrogens with one attached hydrogen (secondary N) is 5. The number of aliphatic hydroxyl groups excluding tert-OH is 13. The molecule has 0 aromatic heterocycles. The highest BCUT2D eigenvalue weighted by molar-refractivity contribution is 5.87. The van der Waals surface area contributed by atoms with E-state index in [1.54, 1.807) is 0 Å². The summed E-state index contributed by atoms with van der Waals surface area (Å²) in [6, 6.07) is 0. The number of rotatable bonds is 30. The molecule has 77 heavy (non-hydrogen) atoms. The summed E-state index contributed by atoms with van der Waals surface area (Å²) in [6.07, 6.45) is -32.6. The summed E-state index contributed by atoms with van der Waals surface area (Å²) in [5.41, 5.74) is 0. The number of carbonyl (C=O) groups is 6. The standard InChI is InChI=1S/C44H76N6O27/c1-19(53)5-7-46-27(57)14-50(13-26(56)45-6-3-4-24(54)47-8-10-70-41-36(66)33(63)29(59)20(2)73-41)15-28(58)49-12-25(55)48-9-11-71-43-39(69)40(77-44-38(68)35(65)31(61)22(17-52)75-44)32(62)23(76-43)18-72-42-37(67)34(64)30(60)21(16-51)74-42/h20-23,29-44,51-52,59-69H,3-18H2,1-2H3,(H,45,56)(H,46,57)(H,47,54)(H,48,55)(H,49,58)/t20-,21+,22+,23+,29+,30+,31+,32+,33+,34-,35-,36-,37-,38-,39-,40-,41+,42-,43-,44+/m0/s1. The molecule has 33 nitrogen and oxygen atoms in total. The molecule has 444 valence electrons. The Morgan fingerprint density at radius 2 is 0.909 bits per heavy atom. The normalized spacial score (nSPS) is 35.4. The first kappa shape index (κ1) is 65.7. The van der Waals surface area contributed by atoms with Crippen LogP contribution in [0.2, 0.25) is 0 Å². The van der Waals surface area contributed by atoms with E-state index in [0.717, 1.165) is 4.90 Å². The summed E-state index contributed by atoms with van der Waals surface area (Å²) in [7, 11) is 0. The van der Waals surface area contributed by atoms with Gasteiger partial charge in [0, 0.05) is 39.0 Å². The molecule has 0 aromatic carbocycles. The summed E-state index contributed by atoms with van der Waals surface area (Å²) < 4.78 is 43.9. The summed E-state index contributed by atoms with van der Waals surface area (Å²) in [4.78, 5) is 76.1. The largest absolute Gasteiger partial charge is 0.394 e. The van der Waals surface area contributed by atoms with Crippen LogP contribution in [0.1, 0.15) is 33.1 Å². The average molecular weight is 1120 g/mol. The van der Waals surface area contributed by atoms with Gasteiger partial charge in [-0.25, -0.2) is 0 Å². The first-order valence-electron chi connectivity index (χ1n) is 24.9. The van der Waals surface area contributed by atoms with Gasteiger partial charge in [-0.05, 0) is 20.3 Å². The molecule has 4 fully saturated rings. The Morgan fingerprint density at radius 1 is 0.455 bits per heavy atom. The van der Waals surface area contributed by atoms with Gasteiger partial charge in [0.1, 0.15) is 97.3 Å². The van der Waals surface area contributed by atoms with E-state index in [2.05, 4.69) is 26.6 Å². The summed E-state index contributed by atoms with van der Waals surface area (Å²) in [6.45, 7) is -2.51. The Balaban J connectivity index is 1.25. The quantitative estimate of drug-likeness (QED) is 0.0297. The van der Waals surface area contributed by atoms with E-state index in [1.165, 1.54) is 13.8 Å². The second-order valence-electron chi connectivity index (χ2n) is 18.7. The number of aliphatic hydroxyl groups is 13. The lowest BCUT2D eigenvalue weighted by atomic mass is 9.96. The lowest BCUT2D eigenvalue weighted by Crippen LogP contribution is -2.65. The molecule has 4 aliphatic heterocycles. The first-order valence-corrected chi connectivity index (χ1v) is 24.9. The Labute approximate surface area is 440 Å². The number of amides is 5. The van der Waals surface area contributed by atoms with Gasteiger partial charge < -0.3 is 131 Å². The minimum Gasteiger partial charge on any atom is -0.394 e. The van der Waals surface area contributed by atoms with Crippen molar-refractivity contribution < 1.29 is 133 Å². The molecule has 0 aliphatic carbocycles. The van der Waals surface area contributed by atoms with Crippen LogP contribution in [0.15, 0.2) is 0 Å². The van der Waals surface area contributed by atoms with Crippen molar-refractivity contribution in [3.8, 4) is 0 Å². The third-order valence-corrected chi connectivity index (χ3v) is 12.5. The fourth-order valence-corrected chi connectivity index (χ4v) is 8.08. The maximum Gasteiger partial charge on any atom is 0.239 e. The summed E-state index contributed by atoms with van der Waals surface area (Å²) in [5.74, 6) is -3.43. The van der Waals surface area contributed by atoms with E-state index in [1.807, 2.05) is 0 Å². The fraction of sp³-hybridized carbons (Fsp3) is 0.864. The van der Waals surface area contributed by atoms with Gasteiger partial charge in [0.15, 0.2) is 25.2 Å². The van der Waals surface area contributed by atoms with Gasteiger partial charge in [-0.15, -0.1) is 0 Å². The van der Waals surface area contributed by atoms with Crippen LogP contribution in [0.25, 0.3) is 0 Å². The minimum atomic E-state index is -1.98. The Morgan fingerprint density at radius 3 is 1.47 bits per heavy atom. The number of carbonyl (C=O) groups excluding carboxylic acids is 6. The molecule has 4 saturated heterocycles. The van der Waals surface area contributed by atoms with Crippen LogP contribution in [0, 0.1) is 0 Å². The number of ether oxygens (including phenoxy) is 8. The summed E-state index contributed by atoms with van der Waals surface area (Å²) >= 11 is 0. The monoisotopic (exact) mass is 1120 g/mol. The number of ketones is 1. The SMILES string of the molecule is CC(=O)CCNC(=O)CN(CC(=O)NCCCC(=O)NCCO[C@@H]1O[C@@H](C)[C@@H](O)[C@@H](O)[C@@H]1O)CC(=O)NCC(=O)NCCO[C@H]1O[C@H](CO[C@H]2O[C@H](CO)[C@@H](O)[C@H](O)[C@@H]2O)[C@@H](O)[C@H](O[C@H]2O[C@H](CO)[C@@H](O)[C@H](O)[C@@H]2O)[C@@H]1O. The van der Waals surface area contributed by atoms with Crippen molar-refractivity contribution >= 4 is 35.3 Å². The molecule has 0 unspecified atom stereocenters. The molecule has 4 heterocycles. The zero-order valence-corrected chi connectivity index (χ0v) is 42.3. The van der Waals surface area contributed by atoms with Crippen LogP contribution in [-0.4, -0.2) is 315 Å². The topological polar surface area (TPSA) is 503 Å². The van der Waals surface area contributed by atoms with Crippen LogP contribution >= 0.6 is 0 Å². The molecule has 5 amide bonds. The van der Waals surface area contributed by atoms with Crippen LogP contribution < -0.4 is 26.6 Å². The van der Waals surface area contributed by atoms with E-state index in [-0.39, 0.29) is 57.8 Å². The van der Waals surface area contributed by atoms with Gasteiger partial charge in [-0.2, -0.15) is 0 Å². The zero-order valence-electron chi connectivity index (χ0n) is 42.3. The van der Waals surface area contributed by atoms with E-state index < -0.39 is 205 Å². The molecule has 18 N–H and O–H groups in total. The number of nitrogens with zero attached hydrogens (tertiary/aromatic N) is 1. The maximum absolute atomic E-state index is 13.0. The van der Waals surface area contributed by atoms with Gasteiger partial charge in [0.2, 0.25) is 29.5 Å². The molecule has 4 rings (SSSR count). The molecule has 33 heteroatoms. The van der Waals surface area contributed by atoms with E-state index >= 15 is 0 Å². The van der Waals surface area contributed by atoms with Crippen molar-refractivity contribution in [1.29, 1.82) is 0 Å².